The van der Waals surface area contributed by atoms with Gasteiger partial charge in [-0.2, -0.15) is 5.26 Å². The number of benzene rings is 1. The average Bonchev–Trinajstić information content (AvgIpc) is 2.90. The summed E-state index contributed by atoms with van der Waals surface area (Å²) in [6, 6.07) is 9.35. The van der Waals surface area contributed by atoms with Gasteiger partial charge in [0.15, 0.2) is 0 Å². The molecule has 23 heavy (non-hydrogen) atoms. The summed E-state index contributed by atoms with van der Waals surface area (Å²) in [4.78, 5) is 13.8. The van der Waals surface area contributed by atoms with Crippen LogP contribution in [-0.4, -0.2) is 13.0 Å². The summed E-state index contributed by atoms with van der Waals surface area (Å²) in [6.07, 6.45) is 3.00. The number of fused-ring (bicyclic) bond motifs is 1. The Morgan fingerprint density at radius 2 is 2.22 bits per heavy atom. The van der Waals surface area contributed by atoms with E-state index in [1.54, 1.807) is 18.2 Å². The van der Waals surface area contributed by atoms with Crippen LogP contribution in [0.15, 0.2) is 24.3 Å². The number of thiophene rings is 1. The number of anilines is 1. The highest BCUT2D eigenvalue weighted by molar-refractivity contribution is 7.16. The van der Waals surface area contributed by atoms with Crippen molar-refractivity contribution < 1.29 is 9.53 Å². The van der Waals surface area contributed by atoms with Crippen molar-refractivity contribution in [3.05, 3.63) is 45.8 Å². The van der Waals surface area contributed by atoms with E-state index in [4.69, 9.17) is 4.74 Å². The zero-order valence-electron chi connectivity index (χ0n) is 13.2. The molecule has 4 nitrogen and oxygen atoms in total. The first kappa shape index (κ1) is 15.6. The molecule has 1 atom stereocenters. The van der Waals surface area contributed by atoms with Gasteiger partial charge in [-0.1, -0.05) is 19.1 Å². The van der Waals surface area contributed by atoms with Gasteiger partial charge in [-0.25, -0.2) is 0 Å². The number of nitrogens with one attached hydrogen (secondary N) is 1. The molecule has 0 aliphatic heterocycles. The summed E-state index contributed by atoms with van der Waals surface area (Å²) in [7, 11) is 1.54. The van der Waals surface area contributed by atoms with Crippen LogP contribution in [-0.2, 0) is 12.8 Å². The zero-order chi connectivity index (χ0) is 16.4. The van der Waals surface area contributed by atoms with E-state index in [-0.39, 0.29) is 5.91 Å². The van der Waals surface area contributed by atoms with Crippen LogP contribution >= 0.6 is 11.3 Å². The molecule has 1 heterocycles. The monoisotopic (exact) mass is 326 g/mol. The molecule has 1 aliphatic carbocycles. The second-order valence-corrected chi connectivity index (χ2v) is 6.93. The first-order chi connectivity index (χ1) is 11.1. The van der Waals surface area contributed by atoms with Crippen molar-refractivity contribution in [2.45, 2.75) is 26.2 Å². The van der Waals surface area contributed by atoms with Crippen molar-refractivity contribution in [2.24, 2.45) is 5.92 Å². The maximum Gasteiger partial charge on any atom is 0.260 e. The van der Waals surface area contributed by atoms with E-state index in [1.807, 2.05) is 6.07 Å². The van der Waals surface area contributed by atoms with E-state index in [0.29, 0.717) is 27.8 Å². The number of para-hydroxylation sites is 1. The van der Waals surface area contributed by atoms with Crippen molar-refractivity contribution in [1.82, 2.24) is 0 Å². The SMILES string of the molecule is COc1ccccc1C(=O)Nc1sc2c(c1C#N)CCC(C)C2. The third-order valence-electron chi connectivity index (χ3n) is 4.20. The average molecular weight is 326 g/mol. The summed E-state index contributed by atoms with van der Waals surface area (Å²) < 4.78 is 5.23. The third-order valence-corrected chi connectivity index (χ3v) is 5.37. The molecule has 0 fully saturated rings. The number of methoxy groups -OCH3 is 1. The molecule has 1 N–H and O–H groups in total. The molecule has 0 spiro atoms. The van der Waals surface area contributed by atoms with Crippen molar-refractivity contribution in [3.8, 4) is 11.8 Å². The first-order valence-corrected chi connectivity index (χ1v) is 8.44. The van der Waals surface area contributed by atoms with Gasteiger partial charge in [-0.3, -0.25) is 4.79 Å². The fourth-order valence-corrected chi connectivity index (χ4v) is 4.32. The molecule has 0 radical (unpaired) electrons. The Kier molecular flexibility index (Phi) is 4.35. The van der Waals surface area contributed by atoms with E-state index in [0.717, 1.165) is 24.8 Å². The summed E-state index contributed by atoms with van der Waals surface area (Å²) in [5.74, 6) is 0.912. The predicted octanol–water partition coefficient (Wildman–Crippen LogP) is 4.01. The van der Waals surface area contributed by atoms with Crippen LogP contribution < -0.4 is 10.1 Å². The van der Waals surface area contributed by atoms with E-state index in [2.05, 4.69) is 18.3 Å². The Labute approximate surface area is 139 Å². The lowest BCUT2D eigenvalue weighted by Gasteiger charge is -2.17. The van der Waals surface area contributed by atoms with E-state index in [1.165, 1.54) is 23.3 Å². The minimum absolute atomic E-state index is 0.245. The van der Waals surface area contributed by atoms with Crippen molar-refractivity contribution in [1.29, 1.82) is 5.26 Å². The molecular weight excluding hydrogens is 308 g/mol. The lowest BCUT2D eigenvalue weighted by atomic mass is 9.88. The molecule has 2 aromatic rings. The number of hydrogen-bond acceptors (Lipinski definition) is 4. The van der Waals surface area contributed by atoms with Gasteiger partial charge in [0.25, 0.3) is 5.91 Å². The Balaban J connectivity index is 1.91. The van der Waals surface area contributed by atoms with E-state index >= 15 is 0 Å². The summed E-state index contributed by atoms with van der Waals surface area (Å²) in [5, 5.41) is 13.1. The Morgan fingerprint density at radius 1 is 1.43 bits per heavy atom. The smallest absolute Gasteiger partial charge is 0.260 e. The molecule has 118 valence electrons. The molecule has 1 unspecified atom stereocenters. The quantitative estimate of drug-likeness (QED) is 0.927. The minimum Gasteiger partial charge on any atom is -0.496 e. The van der Waals surface area contributed by atoms with Crippen LogP contribution in [0.4, 0.5) is 5.00 Å². The number of hydrogen-bond donors (Lipinski definition) is 1. The molecule has 1 amide bonds. The molecule has 5 heteroatoms. The fraction of sp³-hybridized carbons (Fsp3) is 0.333. The minimum atomic E-state index is -0.245. The van der Waals surface area contributed by atoms with Gasteiger partial charge in [0.05, 0.1) is 18.2 Å². The Bertz CT molecular complexity index is 789. The fourth-order valence-electron chi connectivity index (χ4n) is 2.96. The number of ether oxygens (including phenoxy) is 1. The van der Waals surface area contributed by atoms with Gasteiger partial charge in [0.1, 0.15) is 16.8 Å². The molecule has 3 rings (SSSR count). The number of carbonyl (C=O) groups is 1. The highest BCUT2D eigenvalue weighted by Crippen LogP contribution is 2.39. The molecule has 1 aromatic heterocycles. The lowest BCUT2D eigenvalue weighted by molar-refractivity contribution is 0.102. The van der Waals surface area contributed by atoms with Crippen LogP contribution in [0.3, 0.4) is 0 Å². The number of nitriles is 1. The highest BCUT2D eigenvalue weighted by Gasteiger charge is 2.25. The topological polar surface area (TPSA) is 62.1 Å². The van der Waals surface area contributed by atoms with Gasteiger partial charge < -0.3 is 10.1 Å². The lowest BCUT2D eigenvalue weighted by Crippen LogP contribution is -2.13. The summed E-state index contributed by atoms with van der Waals surface area (Å²) in [5.41, 5.74) is 2.21. The molecule has 0 saturated carbocycles. The Hall–Kier alpha value is -2.32. The van der Waals surface area contributed by atoms with Crippen LogP contribution in [0.25, 0.3) is 0 Å². The van der Waals surface area contributed by atoms with Gasteiger partial charge in [-0.05, 0) is 42.9 Å². The summed E-state index contributed by atoms with van der Waals surface area (Å²) >= 11 is 1.53. The van der Waals surface area contributed by atoms with Gasteiger partial charge >= 0.3 is 0 Å². The number of amides is 1. The largest absolute Gasteiger partial charge is 0.496 e. The molecule has 1 aliphatic rings. The van der Waals surface area contributed by atoms with Crippen molar-refractivity contribution in [2.75, 3.05) is 12.4 Å². The van der Waals surface area contributed by atoms with Gasteiger partial charge in [0, 0.05) is 4.88 Å². The maximum atomic E-state index is 12.5. The summed E-state index contributed by atoms with van der Waals surface area (Å²) in [6.45, 7) is 2.22. The molecular formula is C18H18N2O2S. The van der Waals surface area contributed by atoms with Crippen LogP contribution in [0.1, 0.15) is 39.7 Å². The maximum absolute atomic E-state index is 12.5. The standard InChI is InChI=1S/C18H18N2O2S/c1-11-7-8-12-14(10-19)18(23-16(12)9-11)20-17(21)13-5-3-4-6-15(13)22-2/h3-6,11H,7-9H2,1-2H3,(H,20,21). The number of nitrogens with zero attached hydrogens (tertiary/aromatic N) is 1. The molecule has 0 saturated heterocycles. The van der Waals surface area contributed by atoms with Gasteiger partial charge in [-0.15, -0.1) is 11.3 Å². The van der Waals surface area contributed by atoms with Gasteiger partial charge in [0.2, 0.25) is 0 Å². The predicted molar refractivity (Wildman–Crippen MR) is 91.2 cm³/mol. The van der Waals surface area contributed by atoms with Crippen LogP contribution in [0.5, 0.6) is 5.75 Å². The highest BCUT2D eigenvalue weighted by atomic mass is 32.1. The van der Waals surface area contributed by atoms with Crippen molar-refractivity contribution >= 4 is 22.2 Å². The number of rotatable bonds is 3. The van der Waals surface area contributed by atoms with E-state index in [9.17, 15) is 10.1 Å². The molecule has 1 aromatic carbocycles. The second kappa shape index (κ2) is 6.43. The second-order valence-electron chi connectivity index (χ2n) is 5.82. The Morgan fingerprint density at radius 3 is 2.96 bits per heavy atom. The zero-order valence-corrected chi connectivity index (χ0v) is 14.0. The third kappa shape index (κ3) is 2.95. The normalized spacial score (nSPS) is 16.3. The van der Waals surface area contributed by atoms with Crippen LogP contribution in [0, 0.1) is 17.2 Å². The van der Waals surface area contributed by atoms with E-state index < -0.39 is 0 Å². The molecule has 0 bridgehead atoms. The first-order valence-electron chi connectivity index (χ1n) is 7.63. The van der Waals surface area contributed by atoms with Crippen molar-refractivity contribution in [3.63, 3.8) is 0 Å². The number of carbonyl (C=O) groups excluding carboxylic acids is 1. The van der Waals surface area contributed by atoms with Crippen LogP contribution in [0.2, 0.25) is 0 Å².